The summed E-state index contributed by atoms with van der Waals surface area (Å²) in [5.41, 5.74) is 0. The van der Waals surface area contributed by atoms with Gasteiger partial charge in [0.2, 0.25) is 5.91 Å². The molecule has 0 radical (unpaired) electrons. The Kier molecular flexibility index (Phi) is 2.58. The number of carbonyl (C=O) groups is 1. The predicted octanol–water partition coefficient (Wildman–Crippen LogP) is 0.328. The van der Waals surface area contributed by atoms with Gasteiger partial charge in [0.25, 0.3) is 10.0 Å². The van der Waals surface area contributed by atoms with Gasteiger partial charge in [0.05, 0.1) is 6.20 Å². The summed E-state index contributed by atoms with van der Waals surface area (Å²) < 4.78 is 25.7. The summed E-state index contributed by atoms with van der Waals surface area (Å²) in [6, 6.07) is 0. The van der Waals surface area contributed by atoms with Gasteiger partial charge in [-0.3, -0.25) is 9.78 Å². The number of hydrogen-bond acceptors (Lipinski definition) is 5. The van der Waals surface area contributed by atoms with E-state index < -0.39 is 15.9 Å². The second-order valence-corrected chi connectivity index (χ2v) is 6.49. The maximum atomic E-state index is 11.8. The number of carbonyl (C=O) groups excluding carboxylic acids is 1. The molecule has 2 atom stereocenters. The van der Waals surface area contributed by atoms with Crippen LogP contribution in [0.5, 0.6) is 0 Å². The standard InChI is InChI=1S/C11H13N3O3S/c15-11(9-5-8(9)7-1-2-7)14-18(16,17)10-6-12-3-4-13-10/h3-4,6-9H,1-2,5H2,(H,14,15)/t8-,9-/m1/s1. The van der Waals surface area contributed by atoms with Crippen molar-refractivity contribution in [1.29, 1.82) is 0 Å². The molecule has 1 amide bonds. The summed E-state index contributed by atoms with van der Waals surface area (Å²) in [6.45, 7) is 0. The van der Waals surface area contributed by atoms with Crippen LogP contribution in [0.25, 0.3) is 0 Å². The van der Waals surface area contributed by atoms with E-state index in [2.05, 4.69) is 14.7 Å². The van der Waals surface area contributed by atoms with Gasteiger partial charge in [-0.05, 0) is 31.1 Å². The molecule has 1 aromatic rings. The Morgan fingerprint density at radius 1 is 1.33 bits per heavy atom. The third kappa shape index (κ3) is 2.22. The Morgan fingerprint density at radius 3 is 2.72 bits per heavy atom. The van der Waals surface area contributed by atoms with Crippen molar-refractivity contribution in [1.82, 2.24) is 14.7 Å². The van der Waals surface area contributed by atoms with Crippen LogP contribution in [0.2, 0.25) is 0 Å². The van der Waals surface area contributed by atoms with Gasteiger partial charge in [0.1, 0.15) is 0 Å². The van der Waals surface area contributed by atoms with Gasteiger partial charge < -0.3 is 0 Å². The molecule has 3 rings (SSSR count). The fourth-order valence-corrected chi connectivity index (χ4v) is 3.17. The Labute approximate surface area is 105 Å². The highest BCUT2D eigenvalue weighted by Gasteiger charge is 2.51. The van der Waals surface area contributed by atoms with Gasteiger partial charge in [-0.2, -0.15) is 8.42 Å². The van der Waals surface area contributed by atoms with Crippen LogP contribution < -0.4 is 4.72 Å². The van der Waals surface area contributed by atoms with Crippen molar-refractivity contribution in [2.24, 2.45) is 17.8 Å². The SMILES string of the molecule is O=C(NS(=O)(=O)c1cnccn1)[C@@H]1C[C@@H]1C1CC1. The van der Waals surface area contributed by atoms with Crippen molar-refractivity contribution in [3.8, 4) is 0 Å². The Morgan fingerprint density at radius 2 is 2.11 bits per heavy atom. The van der Waals surface area contributed by atoms with Crippen LogP contribution in [0, 0.1) is 17.8 Å². The van der Waals surface area contributed by atoms with Gasteiger partial charge in [-0.15, -0.1) is 0 Å². The molecule has 0 unspecified atom stereocenters. The normalized spacial score (nSPS) is 26.7. The van der Waals surface area contributed by atoms with Crippen molar-refractivity contribution < 1.29 is 13.2 Å². The topological polar surface area (TPSA) is 89.0 Å². The Bertz CT molecular complexity index is 568. The molecule has 0 bridgehead atoms. The summed E-state index contributed by atoms with van der Waals surface area (Å²) in [5.74, 6) is 0.489. The number of sulfonamides is 1. The van der Waals surface area contributed by atoms with E-state index in [0.29, 0.717) is 11.8 Å². The molecule has 2 aliphatic carbocycles. The molecule has 96 valence electrons. The third-order valence-electron chi connectivity index (χ3n) is 3.45. The first-order valence-corrected chi connectivity index (χ1v) is 7.39. The van der Waals surface area contributed by atoms with Crippen molar-refractivity contribution in [3.05, 3.63) is 18.6 Å². The summed E-state index contributed by atoms with van der Waals surface area (Å²) in [4.78, 5) is 19.2. The Balaban J connectivity index is 1.67. The van der Waals surface area contributed by atoms with Gasteiger partial charge in [0, 0.05) is 18.3 Å². The number of nitrogens with zero attached hydrogens (tertiary/aromatic N) is 2. The fourth-order valence-electron chi connectivity index (χ4n) is 2.25. The maximum Gasteiger partial charge on any atom is 0.283 e. The lowest BCUT2D eigenvalue weighted by atomic mass is 10.2. The van der Waals surface area contributed by atoms with Crippen molar-refractivity contribution in [2.75, 3.05) is 0 Å². The first-order chi connectivity index (χ1) is 8.58. The zero-order chi connectivity index (χ0) is 12.8. The van der Waals surface area contributed by atoms with Crippen molar-refractivity contribution >= 4 is 15.9 Å². The minimum Gasteiger partial charge on any atom is -0.274 e. The average Bonchev–Trinajstić information content (AvgIpc) is 3.19. The summed E-state index contributed by atoms with van der Waals surface area (Å²) in [5, 5.41) is -0.220. The molecule has 1 N–H and O–H groups in total. The van der Waals surface area contributed by atoms with E-state index in [9.17, 15) is 13.2 Å². The van der Waals surface area contributed by atoms with Gasteiger partial charge in [-0.25, -0.2) is 9.71 Å². The molecular formula is C11H13N3O3S. The molecule has 0 spiro atoms. The molecule has 1 heterocycles. The molecule has 1 aromatic heterocycles. The summed E-state index contributed by atoms with van der Waals surface area (Å²) in [7, 11) is -3.87. The van der Waals surface area contributed by atoms with E-state index in [1.54, 1.807) is 0 Å². The molecule has 18 heavy (non-hydrogen) atoms. The van der Waals surface area contributed by atoms with Crippen molar-refractivity contribution in [3.63, 3.8) is 0 Å². The largest absolute Gasteiger partial charge is 0.283 e. The van der Waals surface area contributed by atoms with Crippen LogP contribution in [0.4, 0.5) is 0 Å². The zero-order valence-corrected chi connectivity index (χ0v) is 10.4. The van der Waals surface area contributed by atoms with E-state index in [1.807, 2.05) is 0 Å². The van der Waals surface area contributed by atoms with E-state index in [-0.39, 0.29) is 10.9 Å². The van der Waals surface area contributed by atoms with Crippen LogP contribution in [-0.2, 0) is 14.8 Å². The van der Waals surface area contributed by atoms with Crippen molar-refractivity contribution in [2.45, 2.75) is 24.3 Å². The molecule has 0 saturated heterocycles. The number of nitrogens with one attached hydrogen (secondary N) is 1. The number of aromatic nitrogens is 2. The molecule has 7 heteroatoms. The highest BCUT2D eigenvalue weighted by Crippen LogP contribution is 2.54. The lowest BCUT2D eigenvalue weighted by Crippen LogP contribution is -2.32. The fraction of sp³-hybridized carbons (Fsp3) is 0.545. The minimum absolute atomic E-state index is 0.135. The van der Waals surface area contributed by atoms with Crippen LogP contribution >= 0.6 is 0 Å². The summed E-state index contributed by atoms with van der Waals surface area (Å²) >= 11 is 0. The number of hydrogen-bond donors (Lipinski definition) is 1. The molecule has 0 aromatic carbocycles. The number of amides is 1. The molecule has 2 aliphatic rings. The first-order valence-electron chi connectivity index (χ1n) is 5.90. The maximum absolute atomic E-state index is 11.8. The lowest BCUT2D eigenvalue weighted by molar-refractivity contribution is -0.120. The highest BCUT2D eigenvalue weighted by atomic mass is 32.2. The van der Waals surface area contributed by atoms with Crippen LogP contribution in [0.3, 0.4) is 0 Å². The van der Waals surface area contributed by atoms with Gasteiger partial charge in [0.15, 0.2) is 5.03 Å². The van der Waals surface area contributed by atoms with Crippen LogP contribution in [0.1, 0.15) is 19.3 Å². The lowest BCUT2D eigenvalue weighted by Gasteiger charge is -2.05. The van der Waals surface area contributed by atoms with Gasteiger partial charge >= 0.3 is 0 Å². The van der Waals surface area contributed by atoms with E-state index in [0.717, 1.165) is 12.6 Å². The van der Waals surface area contributed by atoms with Crippen LogP contribution in [-0.4, -0.2) is 24.3 Å². The third-order valence-corrected chi connectivity index (χ3v) is 4.69. The van der Waals surface area contributed by atoms with Crippen LogP contribution in [0.15, 0.2) is 23.6 Å². The minimum atomic E-state index is -3.87. The molecule has 2 fully saturated rings. The second kappa shape index (κ2) is 4.01. The second-order valence-electron chi connectivity index (χ2n) is 4.86. The molecule has 0 aliphatic heterocycles. The summed E-state index contributed by atoms with van der Waals surface area (Å²) in [6.07, 6.45) is 6.94. The quantitative estimate of drug-likeness (QED) is 0.849. The number of rotatable bonds is 4. The van der Waals surface area contributed by atoms with E-state index in [1.165, 1.54) is 25.2 Å². The smallest absolute Gasteiger partial charge is 0.274 e. The first kappa shape index (κ1) is 11.6. The average molecular weight is 267 g/mol. The molecule has 6 nitrogen and oxygen atoms in total. The van der Waals surface area contributed by atoms with E-state index in [4.69, 9.17) is 0 Å². The monoisotopic (exact) mass is 267 g/mol. The predicted molar refractivity (Wildman–Crippen MR) is 61.7 cm³/mol. The Hall–Kier alpha value is -1.50. The van der Waals surface area contributed by atoms with Gasteiger partial charge in [-0.1, -0.05) is 0 Å². The highest BCUT2D eigenvalue weighted by molar-refractivity contribution is 7.90. The molecule has 2 saturated carbocycles. The zero-order valence-electron chi connectivity index (χ0n) is 9.61. The van der Waals surface area contributed by atoms with E-state index >= 15 is 0 Å². The molecular weight excluding hydrogens is 254 g/mol.